The molecule has 0 aromatic carbocycles. The fourth-order valence-corrected chi connectivity index (χ4v) is 3.35. The van der Waals surface area contributed by atoms with Gasteiger partial charge in [-0.2, -0.15) is 0 Å². The lowest BCUT2D eigenvalue weighted by Crippen LogP contribution is -2.21. The molecule has 4 heterocycles. The van der Waals surface area contributed by atoms with E-state index in [0.717, 1.165) is 34.9 Å². The van der Waals surface area contributed by atoms with Gasteiger partial charge in [0.1, 0.15) is 18.2 Å². The monoisotopic (exact) mass is 390 g/mol. The minimum Gasteiger partial charge on any atom is -0.377 e. The minimum atomic E-state index is -0.152. The number of carbonyl (C=O) groups is 1. The van der Waals surface area contributed by atoms with Crippen molar-refractivity contribution in [2.75, 3.05) is 18.5 Å². The van der Waals surface area contributed by atoms with Crippen LogP contribution < -0.4 is 5.32 Å². The van der Waals surface area contributed by atoms with Crippen LogP contribution in [0.15, 0.2) is 43.0 Å². The third-order valence-electron chi connectivity index (χ3n) is 4.87. The van der Waals surface area contributed by atoms with Gasteiger partial charge >= 0.3 is 0 Å². The predicted molar refractivity (Wildman–Crippen MR) is 109 cm³/mol. The number of carbonyl (C=O) groups excluding carboxylic acids is 1. The first kappa shape index (κ1) is 18.9. The van der Waals surface area contributed by atoms with Crippen molar-refractivity contribution >= 4 is 17.3 Å². The van der Waals surface area contributed by atoms with Gasteiger partial charge in [-0.1, -0.05) is 6.08 Å². The Hall–Kier alpha value is -3.39. The van der Waals surface area contributed by atoms with E-state index in [1.165, 1.54) is 5.57 Å². The Morgan fingerprint density at radius 1 is 1.21 bits per heavy atom. The molecule has 3 aromatic rings. The van der Waals surface area contributed by atoms with Crippen molar-refractivity contribution < 1.29 is 9.53 Å². The number of hydrogen-bond acceptors (Lipinski definition) is 6. The molecule has 29 heavy (non-hydrogen) atoms. The third kappa shape index (κ3) is 4.22. The van der Waals surface area contributed by atoms with E-state index in [1.54, 1.807) is 30.9 Å². The number of nitrogens with zero attached hydrogens (tertiary/aromatic N) is 5. The molecule has 0 bridgehead atoms. The molecule has 0 fully saturated rings. The highest BCUT2D eigenvalue weighted by atomic mass is 16.5. The molecule has 148 valence electrons. The predicted octanol–water partition coefficient (Wildman–Crippen LogP) is 2.79. The van der Waals surface area contributed by atoms with Crippen LogP contribution in [-0.4, -0.2) is 43.6 Å². The van der Waals surface area contributed by atoms with Crippen LogP contribution in [0.3, 0.4) is 0 Å². The fraction of sp³-hybridized carbons (Fsp3) is 0.286. The van der Waals surface area contributed by atoms with Gasteiger partial charge in [0.25, 0.3) is 0 Å². The summed E-state index contributed by atoms with van der Waals surface area (Å²) in [5.74, 6) is 1.15. The Kier molecular flexibility index (Phi) is 5.44. The molecule has 0 atom stereocenters. The maximum absolute atomic E-state index is 12.6. The molecule has 0 unspecified atom stereocenters. The summed E-state index contributed by atoms with van der Waals surface area (Å²) in [5.41, 5.74) is 4.68. The van der Waals surface area contributed by atoms with Crippen LogP contribution in [-0.2, 0) is 16.1 Å². The van der Waals surface area contributed by atoms with Gasteiger partial charge in [-0.15, -0.1) is 0 Å². The quantitative estimate of drug-likeness (QED) is 0.720. The van der Waals surface area contributed by atoms with Crippen molar-refractivity contribution in [3.8, 4) is 11.3 Å². The zero-order valence-corrected chi connectivity index (χ0v) is 16.4. The number of aromatic nitrogens is 5. The molecule has 1 aliphatic rings. The average molecular weight is 390 g/mol. The van der Waals surface area contributed by atoms with E-state index in [9.17, 15) is 4.79 Å². The highest BCUT2D eigenvalue weighted by Gasteiger charge is 2.18. The number of imidazole rings is 1. The first-order chi connectivity index (χ1) is 14.1. The van der Waals surface area contributed by atoms with Crippen LogP contribution in [0.4, 0.5) is 5.82 Å². The lowest BCUT2D eigenvalue weighted by Gasteiger charge is -2.13. The Balaban J connectivity index is 1.45. The summed E-state index contributed by atoms with van der Waals surface area (Å²) in [4.78, 5) is 29.8. The Morgan fingerprint density at radius 2 is 2.10 bits per heavy atom. The number of hydrogen-bond donors (Lipinski definition) is 1. The van der Waals surface area contributed by atoms with Crippen LogP contribution in [0.5, 0.6) is 0 Å². The molecule has 0 radical (unpaired) electrons. The van der Waals surface area contributed by atoms with Crippen LogP contribution in [0, 0.1) is 13.8 Å². The number of rotatable bonds is 5. The van der Waals surface area contributed by atoms with Gasteiger partial charge < -0.3 is 14.6 Å². The molecular weight excluding hydrogens is 368 g/mol. The van der Waals surface area contributed by atoms with Gasteiger partial charge in [-0.3, -0.25) is 14.8 Å². The molecule has 8 nitrogen and oxygen atoms in total. The van der Waals surface area contributed by atoms with Gasteiger partial charge in [0.15, 0.2) is 0 Å². The highest BCUT2D eigenvalue weighted by molar-refractivity contribution is 5.90. The van der Waals surface area contributed by atoms with Crippen molar-refractivity contribution in [2.45, 2.75) is 26.8 Å². The van der Waals surface area contributed by atoms with E-state index >= 15 is 0 Å². The molecule has 0 saturated heterocycles. The Morgan fingerprint density at radius 3 is 2.79 bits per heavy atom. The highest BCUT2D eigenvalue weighted by Crippen LogP contribution is 2.24. The third-order valence-corrected chi connectivity index (χ3v) is 4.87. The molecule has 8 heteroatoms. The second-order valence-corrected chi connectivity index (χ2v) is 6.80. The van der Waals surface area contributed by atoms with Gasteiger partial charge in [0, 0.05) is 29.8 Å². The number of ether oxygens (including phenoxy) is 1. The van der Waals surface area contributed by atoms with E-state index in [-0.39, 0.29) is 12.5 Å². The van der Waals surface area contributed by atoms with Crippen molar-refractivity contribution in [2.24, 2.45) is 0 Å². The van der Waals surface area contributed by atoms with Crippen LogP contribution in [0.1, 0.15) is 23.6 Å². The Bertz CT molecular complexity index is 1040. The summed E-state index contributed by atoms with van der Waals surface area (Å²) in [7, 11) is 0. The first-order valence-electron chi connectivity index (χ1n) is 9.45. The van der Waals surface area contributed by atoms with Crippen LogP contribution in [0.2, 0.25) is 0 Å². The molecule has 1 amide bonds. The van der Waals surface area contributed by atoms with Crippen LogP contribution >= 0.6 is 0 Å². The number of pyridine rings is 1. The van der Waals surface area contributed by atoms with Crippen molar-refractivity contribution in [1.82, 2.24) is 24.5 Å². The number of aryl methyl sites for hydroxylation is 1. The molecule has 0 saturated carbocycles. The average Bonchev–Trinajstić information content (AvgIpc) is 3.04. The zero-order chi connectivity index (χ0) is 20.2. The van der Waals surface area contributed by atoms with E-state index in [1.807, 2.05) is 24.5 Å². The lowest BCUT2D eigenvalue weighted by atomic mass is 10.1. The molecule has 1 N–H and O–H groups in total. The summed E-state index contributed by atoms with van der Waals surface area (Å²) in [6.07, 6.45) is 9.49. The van der Waals surface area contributed by atoms with Crippen molar-refractivity contribution in [3.05, 3.63) is 60.2 Å². The number of nitrogens with one attached hydrogen (secondary N) is 1. The fourth-order valence-electron chi connectivity index (χ4n) is 3.35. The summed E-state index contributed by atoms with van der Waals surface area (Å²) in [5, 5.41) is 2.84. The Labute approximate surface area is 168 Å². The number of anilines is 1. The second-order valence-electron chi connectivity index (χ2n) is 6.80. The van der Waals surface area contributed by atoms with E-state index in [0.29, 0.717) is 19.0 Å². The van der Waals surface area contributed by atoms with Crippen LogP contribution in [0.25, 0.3) is 16.8 Å². The van der Waals surface area contributed by atoms with Crippen molar-refractivity contribution in [3.63, 3.8) is 0 Å². The van der Waals surface area contributed by atoms with Gasteiger partial charge in [-0.05, 0) is 38.0 Å². The molecule has 4 rings (SSSR count). The smallest absolute Gasteiger partial charge is 0.245 e. The van der Waals surface area contributed by atoms with Gasteiger partial charge in [-0.25, -0.2) is 9.97 Å². The lowest BCUT2D eigenvalue weighted by molar-refractivity contribution is -0.116. The SMILES string of the molecule is Cc1nc(C2=CCOCC2)c(C)n1CC(=O)Nc1ccc(-c2cnccn2)cn1. The summed E-state index contributed by atoms with van der Waals surface area (Å²) < 4.78 is 7.30. The molecule has 1 aliphatic heterocycles. The van der Waals surface area contributed by atoms with E-state index in [4.69, 9.17) is 4.74 Å². The minimum absolute atomic E-state index is 0.152. The number of amides is 1. The summed E-state index contributed by atoms with van der Waals surface area (Å²) in [6, 6.07) is 3.61. The normalized spacial score (nSPS) is 13.8. The zero-order valence-electron chi connectivity index (χ0n) is 16.4. The summed E-state index contributed by atoms with van der Waals surface area (Å²) in [6.45, 7) is 5.40. The van der Waals surface area contributed by atoms with Gasteiger partial charge in [0.05, 0.1) is 30.8 Å². The molecule has 0 aliphatic carbocycles. The maximum Gasteiger partial charge on any atom is 0.245 e. The van der Waals surface area contributed by atoms with Crippen molar-refractivity contribution in [1.29, 1.82) is 0 Å². The molecular formula is C21H22N6O2. The second kappa shape index (κ2) is 8.32. The molecule has 0 spiro atoms. The maximum atomic E-state index is 12.6. The standard InChI is InChI=1S/C21H22N6O2/c1-14-21(16-5-9-29-10-6-16)25-15(2)27(14)13-20(28)26-19-4-3-17(11-24-19)18-12-22-7-8-23-18/h3-5,7-8,11-12H,6,9-10,13H2,1-2H3,(H,24,26,28). The van der Waals surface area contributed by atoms with Gasteiger partial charge in [0.2, 0.25) is 5.91 Å². The summed E-state index contributed by atoms with van der Waals surface area (Å²) >= 11 is 0. The first-order valence-corrected chi connectivity index (χ1v) is 9.45. The largest absolute Gasteiger partial charge is 0.377 e. The molecule has 3 aromatic heterocycles. The van der Waals surface area contributed by atoms with E-state index in [2.05, 4.69) is 31.3 Å². The topological polar surface area (TPSA) is 94.8 Å². The van der Waals surface area contributed by atoms with E-state index < -0.39 is 0 Å².